The lowest BCUT2D eigenvalue weighted by atomic mass is 10.1. The number of ether oxygens (including phenoxy) is 3. The van der Waals surface area contributed by atoms with Crippen molar-refractivity contribution in [2.45, 2.75) is 13.5 Å². The van der Waals surface area contributed by atoms with Gasteiger partial charge < -0.3 is 14.2 Å². The predicted octanol–water partition coefficient (Wildman–Crippen LogP) is 7.12. The SMILES string of the molecule is CCOc1cc(/C=N\NC(=O)c2cc(Br)ccc2OC)cc(Br)c1OCc1cccc2ccccc12. The molecule has 0 saturated heterocycles. The standard InChI is InChI=1S/C28H24Br2N2O4/c1-3-35-26-14-18(16-31-32-28(33)23-15-21(29)11-12-25(23)34-2)13-24(30)27(26)36-17-20-9-6-8-19-7-4-5-10-22(19)20/h4-16H,3,17H2,1-2H3,(H,32,33)/b31-16-. The minimum atomic E-state index is -0.386. The van der Waals surface area contributed by atoms with E-state index in [1.165, 1.54) is 7.11 Å². The lowest BCUT2D eigenvalue weighted by Gasteiger charge is -2.15. The molecule has 0 fully saturated rings. The second kappa shape index (κ2) is 12.1. The molecule has 36 heavy (non-hydrogen) atoms. The van der Waals surface area contributed by atoms with Crippen LogP contribution in [0.5, 0.6) is 17.2 Å². The van der Waals surface area contributed by atoms with Gasteiger partial charge in [0.15, 0.2) is 11.5 Å². The fraction of sp³-hybridized carbons (Fsp3) is 0.143. The Labute approximate surface area is 226 Å². The number of amides is 1. The topological polar surface area (TPSA) is 69.2 Å². The highest BCUT2D eigenvalue weighted by molar-refractivity contribution is 9.10. The van der Waals surface area contributed by atoms with Crippen LogP contribution in [0.1, 0.15) is 28.4 Å². The van der Waals surface area contributed by atoms with E-state index in [2.05, 4.69) is 66.7 Å². The number of rotatable bonds is 9. The molecule has 0 spiro atoms. The highest BCUT2D eigenvalue weighted by Gasteiger charge is 2.14. The van der Waals surface area contributed by atoms with Gasteiger partial charge in [0.2, 0.25) is 0 Å². The van der Waals surface area contributed by atoms with Gasteiger partial charge in [-0.2, -0.15) is 5.10 Å². The summed E-state index contributed by atoms with van der Waals surface area (Å²) in [6.45, 7) is 2.77. The molecule has 0 atom stereocenters. The first-order valence-corrected chi connectivity index (χ1v) is 12.8. The number of hydrogen-bond donors (Lipinski definition) is 1. The third-order valence-electron chi connectivity index (χ3n) is 5.37. The van der Waals surface area contributed by atoms with E-state index in [4.69, 9.17) is 14.2 Å². The maximum absolute atomic E-state index is 12.6. The molecule has 6 nitrogen and oxygen atoms in total. The molecule has 0 aliphatic carbocycles. The first-order chi connectivity index (χ1) is 17.5. The lowest BCUT2D eigenvalue weighted by molar-refractivity contribution is 0.0952. The summed E-state index contributed by atoms with van der Waals surface area (Å²) in [6, 6.07) is 23.2. The molecule has 184 valence electrons. The highest BCUT2D eigenvalue weighted by Crippen LogP contribution is 2.37. The molecule has 0 bridgehead atoms. The molecular weight excluding hydrogens is 588 g/mol. The van der Waals surface area contributed by atoms with Crippen LogP contribution in [0.2, 0.25) is 0 Å². The van der Waals surface area contributed by atoms with E-state index in [1.54, 1.807) is 24.4 Å². The number of hydrazone groups is 1. The average molecular weight is 612 g/mol. The summed E-state index contributed by atoms with van der Waals surface area (Å²) in [7, 11) is 1.51. The fourth-order valence-electron chi connectivity index (χ4n) is 3.72. The number of hydrogen-bond acceptors (Lipinski definition) is 5. The Hall–Kier alpha value is -3.36. The van der Waals surface area contributed by atoms with Gasteiger partial charge in [-0.05, 0) is 75.1 Å². The van der Waals surface area contributed by atoms with Gasteiger partial charge in [0.05, 0.1) is 30.0 Å². The zero-order valence-corrected chi connectivity index (χ0v) is 22.9. The number of fused-ring (bicyclic) bond motifs is 1. The minimum absolute atomic E-state index is 0.373. The largest absolute Gasteiger partial charge is 0.496 e. The van der Waals surface area contributed by atoms with E-state index < -0.39 is 0 Å². The van der Waals surface area contributed by atoms with Crippen LogP contribution in [0.25, 0.3) is 10.8 Å². The number of methoxy groups -OCH3 is 1. The van der Waals surface area contributed by atoms with Crippen molar-refractivity contribution in [2.24, 2.45) is 5.10 Å². The van der Waals surface area contributed by atoms with Gasteiger partial charge in [-0.15, -0.1) is 0 Å². The summed E-state index contributed by atoms with van der Waals surface area (Å²) in [5, 5.41) is 6.42. The molecule has 1 amide bonds. The maximum Gasteiger partial charge on any atom is 0.275 e. The number of carbonyl (C=O) groups is 1. The number of benzene rings is 4. The lowest BCUT2D eigenvalue weighted by Crippen LogP contribution is -2.18. The monoisotopic (exact) mass is 610 g/mol. The molecule has 0 radical (unpaired) electrons. The van der Waals surface area contributed by atoms with Crippen LogP contribution in [-0.2, 0) is 6.61 Å². The van der Waals surface area contributed by atoms with E-state index in [9.17, 15) is 4.79 Å². The van der Waals surface area contributed by atoms with Crippen LogP contribution in [0.15, 0.2) is 86.8 Å². The molecule has 0 aromatic heterocycles. The number of nitrogens with one attached hydrogen (secondary N) is 1. The quantitative estimate of drug-likeness (QED) is 0.162. The minimum Gasteiger partial charge on any atom is -0.496 e. The summed E-state index contributed by atoms with van der Waals surface area (Å²) < 4.78 is 18.8. The van der Waals surface area contributed by atoms with Crippen LogP contribution < -0.4 is 19.6 Å². The Morgan fingerprint density at radius 1 is 0.972 bits per heavy atom. The zero-order valence-electron chi connectivity index (χ0n) is 19.8. The van der Waals surface area contributed by atoms with Gasteiger partial charge in [0, 0.05) is 4.47 Å². The molecule has 0 saturated carbocycles. The third-order valence-corrected chi connectivity index (χ3v) is 6.45. The number of nitrogens with zero attached hydrogens (tertiary/aromatic N) is 1. The number of carbonyl (C=O) groups excluding carboxylic acids is 1. The van der Waals surface area contributed by atoms with Crippen molar-refractivity contribution in [2.75, 3.05) is 13.7 Å². The molecule has 0 unspecified atom stereocenters. The first kappa shape index (κ1) is 25.7. The molecular formula is C28H24Br2N2O4. The Balaban J connectivity index is 1.51. The van der Waals surface area contributed by atoms with Gasteiger partial charge in [0.1, 0.15) is 12.4 Å². The van der Waals surface area contributed by atoms with Crippen LogP contribution in [0.4, 0.5) is 0 Å². The normalized spacial score (nSPS) is 11.0. The first-order valence-electron chi connectivity index (χ1n) is 11.2. The molecule has 0 heterocycles. The van der Waals surface area contributed by atoms with Crippen molar-refractivity contribution < 1.29 is 19.0 Å². The van der Waals surface area contributed by atoms with Crippen LogP contribution in [-0.4, -0.2) is 25.8 Å². The fourth-order valence-corrected chi connectivity index (χ4v) is 4.65. The third kappa shape index (κ3) is 6.06. The Kier molecular flexibility index (Phi) is 8.61. The molecule has 4 aromatic carbocycles. The number of halogens is 2. The van der Waals surface area contributed by atoms with Crippen molar-refractivity contribution in [1.82, 2.24) is 5.43 Å². The average Bonchev–Trinajstić information content (AvgIpc) is 2.88. The summed E-state index contributed by atoms with van der Waals surface area (Å²) in [5.74, 6) is 1.25. The van der Waals surface area contributed by atoms with Crippen molar-refractivity contribution in [3.05, 3.63) is 98.4 Å². The van der Waals surface area contributed by atoms with Gasteiger partial charge in [-0.1, -0.05) is 58.4 Å². The van der Waals surface area contributed by atoms with Crippen LogP contribution in [0, 0.1) is 0 Å². The van der Waals surface area contributed by atoms with Gasteiger partial charge in [0.25, 0.3) is 5.91 Å². The Bertz CT molecular complexity index is 1420. The second-order valence-corrected chi connectivity index (χ2v) is 9.50. The highest BCUT2D eigenvalue weighted by atomic mass is 79.9. The summed E-state index contributed by atoms with van der Waals surface area (Å²) in [5.41, 5.74) is 4.72. The summed E-state index contributed by atoms with van der Waals surface area (Å²) in [4.78, 5) is 12.6. The molecule has 4 rings (SSSR count). The van der Waals surface area contributed by atoms with Crippen molar-refractivity contribution in [1.29, 1.82) is 0 Å². The van der Waals surface area contributed by atoms with E-state index in [-0.39, 0.29) is 5.91 Å². The van der Waals surface area contributed by atoms with Gasteiger partial charge in [-0.3, -0.25) is 4.79 Å². The molecule has 0 aliphatic heterocycles. The molecule has 0 aliphatic rings. The van der Waals surface area contributed by atoms with Crippen LogP contribution in [0.3, 0.4) is 0 Å². The van der Waals surface area contributed by atoms with Gasteiger partial charge in [-0.25, -0.2) is 5.43 Å². The van der Waals surface area contributed by atoms with Crippen molar-refractivity contribution in [3.63, 3.8) is 0 Å². The smallest absolute Gasteiger partial charge is 0.275 e. The Morgan fingerprint density at radius 3 is 2.58 bits per heavy atom. The van der Waals surface area contributed by atoms with Crippen LogP contribution >= 0.6 is 31.9 Å². The van der Waals surface area contributed by atoms with E-state index in [1.807, 2.05) is 37.3 Å². The zero-order chi connectivity index (χ0) is 25.5. The van der Waals surface area contributed by atoms with Crippen molar-refractivity contribution in [3.8, 4) is 17.2 Å². The Morgan fingerprint density at radius 2 is 1.78 bits per heavy atom. The van der Waals surface area contributed by atoms with Crippen molar-refractivity contribution >= 4 is 54.8 Å². The molecule has 1 N–H and O–H groups in total. The molecule has 8 heteroatoms. The molecule has 4 aromatic rings. The van der Waals surface area contributed by atoms with E-state index in [0.717, 1.165) is 30.8 Å². The van der Waals surface area contributed by atoms with E-state index in [0.29, 0.717) is 36.0 Å². The summed E-state index contributed by atoms with van der Waals surface area (Å²) >= 11 is 6.97. The maximum atomic E-state index is 12.6. The van der Waals surface area contributed by atoms with E-state index >= 15 is 0 Å². The second-order valence-electron chi connectivity index (χ2n) is 7.73. The van der Waals surface area contributed by atoms with Gasteiger partial charge >= 0.3 is 0 Å². The predicted molar refractivity (Wildman–Crippen MR) is 149 cm³/mol. The summed E-state index contributed by atoms with van der Waals surface area (Å²) in [6.07, 6.45) is 1.55.